The van der Waals surface area contributed by atoms with E-state index in [1.165, 1.54) is 28.4 Å². The number of anilines is 2. The van der Waals surface area contributed by atoms with E-state index in [-0.39, 0.29) is 47.5 Å². The fraction of sp³-hybridized carbons (Fsp3) is 0.507. The molecule has 508 valence electrons. The van der Waals surface area contributed by atoms with E-state index in [1.54, 1.807) is 18.0 Å². The molecule has 0 aliphatic carbocycles. The lowest BCUT2D eigenvalue weighted by molar-refractivity contribution is -0.143. The van der Waals surface area contributed by atoms with Crippen LogP contribution in [0.4, 0.5) is 16.2 Å². The number of piperazine rings is 2. The zero-order chi connectivity index (χ0) is 68.3. The minimum absolute atomic E-state index is 0.0326. The van der Waals surface area contributed by atoms with Gasteiger partial charge in [-0.15, -0.1) is 0 Å². The Kier molecular flexibility index (Phi) is 20.8. The van der Waals surface area contributed by atoms with Crippen LogP contribution in [0.3, 0.4) is 0 Å². The number of amidine groups is 2. The zero-order valence-electron chi connectivity index (χ0n) is 56.6. The second kappa shape index (κ2) is 28.1. The van der Waals surface area contributed by atoms with Crippen LogP contribution in [0.1, 0.15) is 122 Å². The van der Waals surface area contributed by atoms with Crippen molar-refractivity contribution in [2.24, 2.45) is 21.8 Å². The number of likely N-dealkylation sites (N-methyl/N-ethyl adjacent to an activating group) is 2. The number of likely N-dealkylation sites (tertiary alicyclic amines) is 2. The van der Waals surface area contributed by atoms with Crippen molar-refractivity contribution in [1.82, 2.24) is 39.2 Å². The van der Waals surface area contributed by atoms with Crippen LogP contribution < -0.4 is 10.2 Å². The Morgan fingerprint density at radius 2 is 0.989 bits per heavy atom. The normalized spacial score (nSPS) is 24.7. The molecule has 8 aliphatic heterocycles. The fourth-order valence-electron chi connectivity index (χ4n) is 14.4. The van der Waals surface area contributed by atoms with Crippen LogP contribution in [0.15, 0.2) is 116 Å². The summed E-state index contributed by atoms with van der Waals surface area (Å²) in [5, 5.41) is 7.03. The van der Waals surface area contributed by atoms with Crippen LogP contribution >= 0.6 is 69.9 Å². The predicted molar refractivity (Wildman–Crippen MR) is 385 cm³/mol. The lowest BCUT2D eigenvalue weighted by Gasteiger charge is -2.38. The topological polar surface area (TPSA) is 160 Å². The van der Waals surface area contributed by atoms with E-state index in [4.69, 9.17) is 61.1 Å². The molecular weight excluding hydrogens is 1320 g/mol. The smallest absolute Gasteiger partial charge is 0.414 e. The van der Waals surface area contributed by atoms with E-state index in [2.05, 4.69) is 86.6 Å². The molecule has 8 aliphatic rings. The third kappa shape index (κ3) is 13.8. The van der Waals surface area contributed by atoms with Crippen LogP contribution in [-0.2, 0) is 35.0 Å². The van der Waals surface area contributed by atoms with Gasteiger partial charge in [-0.2, -0.15) is 0 Å². The number of carbonyl (C=O) groups is 5. The monoisotopic (exact) mass is 1410 g/mol. The molecule has 0 radical (unpaired) electrons. The zero-order valence-corrected chi connectivity index (χ0v) is 61.3. The van der Waals surface area contributed by atoms with Crippen molar-refractivity contribution in [2.75, 3.05) is 104 Å². The Hall–Kier alpha value is -5.97. The second-order valence-electron chi connectivity index (χ2n) is 27.9. The summed E-state index contributed by atoms with van der Waals surface area (Å²) in [5.41, 5.74) is 4.83. The van der Waals surface area contributed by atoms with E-state index < -0.39 is 34.9 Å². The first-order chi connectivity index (χ1) is 45.0. The maximum Gasteiger partial charge on any atom is 0.414 e. The Bertz CT molecular complexity index is 3770. The molecule has 24 heteroatoms. The van der Waals surface area contributed by atoms with Gasteiger partial charge < -0.3 is 49.3 Å². The van der Waals surface area contributed by atoms with Gasteiger partial charge in [0.2, 0.25) is 11.8 Å². The van der Waals surface area contributed by atoms with Crippen LogP contribution in [-0.4, -0.2) is 191 Å². The molecule has 1 N–H and O–H groups in total. The largest absolute Gasteiger partial charge is 0.443 e. The molecule has 12 rings (SSSR count). The quantitative estimate of drug-likeness (QED) is 0.143. The van der Waals surface area contributed by atoms with E-state index >= 15 is 0 Å². The summed E-state index contributed by atoms with van der Waals surface area (Å²) in [7, 11) is 7.64. The highest BCUT2D eigenvalue weighted by atomic mass is 35.5. The van der Waals surface area contributed by atoms with Crippen molar-refractivity contribution in [1.29, 1.82) is 0 Å². The average molecular weight is 1410 g/mol. The standard InChI is InChI=1S/C38H48Cl2N6O4S.C33H40Cl2N6O2S/c1-23(2)30-31(34(48)45-17-9-10-28(45)33(47)44-20-18-42(7)19-21-44)51-35-41-38(6,32(46(30)35)24-11-14-26(39)15-12-24)25-13-16-27(40)29(22-25)43(8)36(49)50-37(3,4)5;1-20(2)27-28(31(43)40-14-6-7-26(40)30(42)39-17-15-38(5)16-18-39)44-32-37-33(3,22-10-13-24(35)25(19-22)36-4)29(41(27)32)21-8-11-23(34)12-9-21/h11-16,22-23,28,32H,9-10,17-21H2,1-8H3;8-13,19-20,26,29,36H,6-7,14-18H2,1-5H3/t28-,32+,38-;26-,29+,33-/m00/s1. The predicted octanol–water partition coefficient (Wildman–Crippen LogP) is 13.4. The summed E-state index contributed by atoms with van der Waals surface area (Å²) in [4.78, 5) is 99.4. The van der Waals surface area contributed by atoms with Crippen molar-refractivity contribution < 1.29 is 28.7 Å². The molecule has 0 saturated carbocycles. The molecule has 18 nitrogen and oxygen atoms in total. The first-order valence-corrected chi connectivity index (χ1v) is 36.1. The lowest BCUT2D eigenvalue weighted by atomic mass is 9.81. The molecule has 8 heterocycles. The number of ether oxygens (including phenoxy) is 1. The van der Waals surface area contributed by atoms with Gasteiger partial charge in [0.25, 0.3) is 11.8 Å². The lowest BCUT2D eigenvalue weighted by Crippen LogP contribution is -2.53. The number of carbonyl (C=O) groups excluding carboxylic acids is 5. The first kappa shape index (κ1) is 70.4. The Morgan fingerprint density at radius 3 is 1.38 bits per heavy atom. The van der Waals surface area contributed by atoms with E-state index in [0.29, 0.717) is 92.9 Å². The highest BCUT2D eigenvalue weighted by Crippen LogP contribution is 2.59. The molecule has 0 unspecified atom stereocenters. The minimum atomic E-state index is -0.855. The average Bonchev–Trinajstić information content (AvgIpc) is 1.56. The molecule has 4 fully saturated rings. The van der Waals surface area contributed by atoms with Crippen LogP contribution in [0.2, 0.25) is 20.1 Å². The van der Waals surface area contributed by atoms with Gasteiger partial charge in [-0.1, -0.05) is 110 Å². The van der Waals surface area contributed by atoms with Gasteiger partial charge in [0.15, 0.2) is 10.3 Å². The van der Waals surface area contributed by atoms with Crippen LogP contribution in [0, 0.1) is 11.8 Å². The number of halogens is 4. The molecule has 6 atom stereocenters. The van der Waals surface area contributed by atoms with E-state index in [9.17, 15) is 24.0 Å². The highest BCUT2D eigenvalue weighted by molar-refractivity contribution is 8.18. The number of fused-ring (bicyclic) bond motifs is 2. The number of aliphatic imine (C=N–C) groups is 2. The molecule has 0 bridgehead atoms. The summed E-state index contributed by atoms with van der Waals surface area (Å²) in [5.74, 6) is -0.0564. The van der Waals surface area contributed by atoms with Gasteiger partial charge in [-0.3, -0.25) is 24.1 Å². The van der Waals surface area contributed by atoms with Crippen molar-refractivity contribution in [2.45, 2.75) is 129 Å². The number of benzene rings is 4. The van der Waals surface area contributed by atoms with Gasteiger partial charge in [-0.25, -0.2) is 14.8 Å². The second-order valence-corrected chi connectivity index (χ2v) is 31.5. The SMILES string of the molecule is CC(C)C1=C(C(=O)N2CCC[C@H]2C(=O)N2CCN(C)CC2)SC2=N[C@@](C)(c3ccc(Cl)c(N(C)C(=O)OC(C)(C)C)c3)[C@@H](c3ccc(Cl)cc3)N21.CNc1cc([C@]2(C)N=C3SC(C(=O)N4CCC[C@H]4C(=O)N4CCN(C)CC4)=C(C(C)C)N3[C@@H]2c2ccc(Cl)cc2)ccc1Cl. The number of rotatable bonds is 12. The molecule has 95 heavy (non-hydrogen) atoms. The van der Waals surface area contributed by atoms with Crippen molar-refractivity contribution in [3.8, 4) is 0 Å². The number of amides is 5. The van der Waals surface area contributed by atoms with Crippen molar-refractivity contribution in [3.05, 3.63) is 148 Å². The van der Waals surface area contributed by atoms with Gasteiger partial charge in [0, 0.05) is 101 Å². The summed E-state index contributed by atoms with van der Waals surface area (Å²) in [6, 6.07) is 25.8. The van der Waals surface area contributed by atoms with Gasteiger partial charge in [-0.05, 0) is 181 Å². The molecule has 0 aromatic heterocycles. The summed E-state index contributed by atoms with van der Waals surface area (Å²) >= 11 is 28.7. The van der Waals surface area contributed by atoms with Crippen LogP contribution in [0.25, 0.3) is 0 Å². The molecular formula is C71H88Cl4N12O6S2. The minimum Gasteiger partial charge on any atom is -0.443 e. The third-order valence-corrected chi connectivity index (χ3v) is 22.8. The fourth-order valence-corrected chi connectivity index (χ4v) is 17.8. The molecule has 4 aromatic carbocycles. The Morgan fingerprint density at radius 1 is 0.589 bits per heavy atom. The Labute approximate surface area is 588 Å². The number of nitrogens with zero attached hydrogens (tertiary/aromatic N) is 11. The number of hydrogen-bond acceptors (Lipinski definition) is 15. The Balaban J connectivity index is 0.000000195. The van der Waals surface area contributed by atoms with Crippen molar-refractivity contribution in [3.63, 3.8) is 0 Å². The number of thioether (sulfide) groups is 2. The highest BCUT2D eigenvalue weighted by Gasteiger charge is 2.56. The molecule has 0 spiro atoms. The molecule has 4 aromatic rings. The maximum atomic E-state index is 14.6. The number of hydrogen-bond donors (Lipinski definition) is 1. The van der Waals surface area contributed by atoms with Gasteiger partial charge >= 0.3 is 6.09 Å². The summed E-state index contributed by atoms with van der Waals surface area (Å²) in [6.45, 7) is 25.4. The maximum absolute atomic E-state index is 14.6. The van der Waals surface area contributed by atoms with E-state index in [0.717, 1.165) is 83.5 Å². The van der Waals surface area contributed by atoms with Crippen molar-refractivity contribution >= 4 is 121 Å². The van der Waals surface area contributed by atoms with Gasteiger partial charge in [0.1, 0.15) is 38.6 Å². The number of allylic oxidation sites excluding steroid dienone is 2. The number of nitrogens with one attached hydrogen (secondary N) is 1. The summed E-state index contributed by atoms with van der Waals surface area (Å²) < 4.78 is 5.65. The van der Waals surface area contributed by atoms with E-state index in [1.807, 2.05) is 115 Å². The first-order valence-electron chi connectivity index (χ1n) is 33.0. The third-order valence-electron chi connectivity index (χ3n) is 19.5. The van der Waals surface area contributed by atoms with Gasteiger partial charge in [0.05, 0.1) is 33.5 Å². The van der Waals surface area contributed by atoms with Crippen LogP contribution in [0.5, 0.6) is 0 Å². The molecule has 4 saturated heterocycles. The molecule has 5 amide bonds. The summed E-state index contributed by atoms with van der Waals surface area (Å²) in [6.07, 6.45) is 2.46.